The summed E-state index contributed by atoms with van der Waals surface area (Å²) < 4.78 is 11.9. The van der Waals surface area contributed by atoms with E-state index < -0.39 is 0 Å². The van der Waals surface area contributed by atoms with E-state index in [9.17, 15) is 4.79 Å². The van der Waals surface area contributed by atoms with Gasteiger partial charge in [-0.1, -0.05) is 12.8 Å². The van der Waals surface area contributed by atoms with Crippen LogP contribution in [0.2, 0.25) is 0 Å². The normalized spacial score (nSPS) is 28.1. The van der Waals surface area contributed by atoms with Gasteiger partial charge in [0.25, 0.3) is 5.91 Å². The van der Waals surface area contributed by atoms with Gasteiger partial charge in [-0.15, -0.1) is 0 Å². The van der Waals surface area contributed by atoms with Crippen LogP contribution in [0.25, 0.3) is 0 Å². The lowest BCUT2D eigenvalue weighted by atomic mass is 9.86. The van der Waals surface area contributed by atoms with E-state index in [0.717, 1.165) is 45.4 Å². The smallest absolute Gasteiger partial charge is 0.288 e. The van der Waals surface area contributed by atoms with Gasteiger partial charge in [-0.3, -0.25) is 4.79 Å². The molecule has 0 aromatic carbocycles. The number of piperazine rings is 1. The molecule has 0 bridgehead atoms. The van der Waals surface area contributed by atoms with E-state index in [1.165, 1.54) is 25.7 Å². The van der Waals surface area contributed by atoms with E-state index in [1.807, 2.05) is 4.90 Å². The number of carbonyl (C=O) groups is 1. The number of ether oxygens (including phenoxy) is 2. The van der Waals surface area contributed by atoms with Crippen molar-refractivity contribution < 1.29 is 19.4 Å². The first-order valence-corrected chi connectivity index (χ1v) is 10.3. The molecule has 1 N–H and O–H groups in total. The van der Waals surface area contributed by atoms with Gasteiger partial charge in [0.15, 0.2) is 5.76 Å². The van der Waals surface area contributed by atoms with E-state index in [1.54, 1.807) is 0 Å². The second kappa shape index (κ2) is 9.72. The molecule has 6 nitrogen and oxygen atoms in total. The fraction of sp³-hybridized carbons (Fsp3) is 0.850. The van der Waals surface area contributed by atoms with Gasteiger partial charge in [0, 0.05) is 39.2 Å². The van der Waals surface area contributed by atoms with Gasteiger partial charge in [-0.2, -0.15) is 0 Å². The Morgan fingerprint density at radius 2 is 1.96 bits per heavy atom. The van der Waals surface area contributed by atoms with Crippen LogP contribution in [0.15, 0.2) is 11.8 Å². The van der Waals surface area contributed by atoms with Gasteiger partial charge in [0.1, 0.15) is 0 Å². The molecule has 2 fully saturated rings. The van der Waals surface area contributed by atoms with Gasteiger partial charge in [0.2, 0.25) is 6.29 Å². The van der Waals surface area contributed by atoms with Crippen molar-refractivity contribution in [1.82, 2.24) is 9.80 Å². The van der Waals surface area contributed by atoms with Crippen molar-refractivity contribution in [3.05, 3.63) is 11.8 Å². The molecule has 2 aliphatic heterocycles. The highest BCUT2D eigenvalue weighted by Crippen LogP contribution is 2.38. The summed E-state index contributed by atoms with van der Waals surface area (Å²) in [5, 5.41) is 8.92. The maximum atomic E-state index is 13.0. The average Bonchev–Trinajstić information content (AvgIpc) is 3.20. The highest BCUT2D eigenvalue weighted by molar-refractivity contribution is 5.91. The quantitative estimate of drug-likeness (QED) is 0.698. The molecule has 2 atom stereocenters. The largest absolute Gasteiger partial charge is 0.459 e. The second-order valence-corrected chi connectivity index (χ2v) is 7.92. The van der Waals surface area contributed by atoms with Gasteiger partial charge in [0.05, 0.1) is 6.61 Å². The van der Waals surface area contributed by atoms with Crippen LogP contribution >= 0.6 is 0 Å². The lowest BCUT2D eigenvalue weighted by molar-refractivity contribution is -0.157. The number of amides is 1. The zero-order valence-corrected chi connectivity index (χ0v) is 16.1. The number of aliphatic hydroxyl groups is 1. The molecule has 0 spiro atoms. The molecule has 1 saturated carbocycles. The Bertz CT molecular complexity index is 482. The maximum Gasteiger partial charge on any atom is 0.288 e. The summed E-state index contributed by atoms with van der Waals surface area (Å²) in [6.07, 6.45) is 9.21. The summed E-state index contributed by atoms with van der Waals surface area (Å²) in [5.41, 5.74) is 0. The summed E-state index contributed by atoms with van der Waals surface area (Å²) in [5.74, 6) is 1.54. The van der Waals surface area contributed by atoms with Crippen molar-refractivity contribution in [3.63, 3.8) is 0 Å². The second-order valence-electron chi connectivity index (χ2n) is 7.92. The minimum Gasteiger partial charge on any atom is -0.459 e. The third-order valence-corrected chi connectivity index (χ3v) is 5.95. The summed E-state index contributed by atoms with van der Waals surface area (Å²) in [4.78, 5) is 17.1. The van der Waals surface area contributed by atoms with Crippen LogP contribution in [0.1, 0.15) is 44.9 Å². The molecule has 1 aliphatic carbocycles. The predicted molar refractivity (Wildman–Crippen MR) is 99.4 cm³/mol. The third-order valence-electron chi connectivity index (χ3n) is 5.95. The van der Waals surface area contributed by atoms with E-state index in [-0.39, 0.29) is 18.8 Å². The lowest BCUT2D eigenvalue weighted by Crippen LogP contribution is -2.48. The number of hydrogen-bond donors (Lipinski definition) is 1. The minimum absolute atomic E-state index is 0.0183. The first-order valence-electron chi connectivity index (χ1n) is 10.3. The Morgan fingerprint density at radius 1 is 1.23 bits per heavy atom. The number of allylic oxidation sites excluding steroid dienone is 1. The van der Waals surface area contributed by atoms with E-state index in [4.69, 9.17) is 14.6 Å². The Balaban J connectivity index is 1.63. The Kier molecular flexibility index (Phi) is 7.34. The SMILES string of the molecule is CN1CCN(C(=O)C2=C[C@@H](C3CCCC3)C[C@@H](OCCCCO)O2)CC1. The summed E-state index contributed by atoms with van der Waals surface area (Å²) in [7, 11) is 2.09. The molecule has 1 saturated heterocycles. The first kappa shape index (κ1) is 19.6. The van der Waals surface area contributed by atoms with Crippen LogP contribution in [-0.4, -0.2) is 73.5 Å². The number of aliphatic hydroxyl groups excluding tert-OH is 1. The molecule has 0 unspecified atom stereocenters. The number of likely N-dealkylation sites (N-methyl/N-ethyl adjacent to an activating group) is 1. The maximum absolute atomic E-state index is 13.0. The molecule has 0 aromatic rings. The van der Waals surface area contributed by atoms with Crippen molar-refractivity contribution in [2.45, 2.75) is 51.2 Å². The molecule has 0 aromatic heterocycles. The number of nitrogens with zero attached hydrogens (tertiary/aromatic N) is 2. The molecule has 26 heavy (non-hydrogen) atoms. The summed E-state index contributed by atoms with van der Waals surface area (Å²) >= 11 is 0. The lowest BCUT2D eigenvalue weighted by Gasteiger charge is -2.36. The molecular weight excluding hydrogens is 332 g/mol. The van der Waals surface area contributed by atoms with Gasteiger partial charge >= 0.3 is 0 Å². The molecule has 0 radical (unpaired) electrons. The van der Waals surface area contributed by atoms with Crippen LogP contribution in [0.3, 0.4) is 0 Å². The molecule has 2 heterocycles. The zero-order valence-electron chi connectivity index (χ0n) is 16.1. The fourth-order valence-electron chi connectivity index (χ4n) is 4.25. The fourth-order valence-corrected chi connectivity index (χ4v) is 4.25. The van der Waals surface area contributed by atoms with E-state index >= 15 is 0 Å². The van der Waals surface area contributed by atoms with Crippen LogP contribution in [0.5, 0.6) is 0 Å². The minimum atomic E-state index is -0.337. The van der Waals surface area contributed by atoms with Crippen molar-refractivity contribution in [2.75, 3.05) is 46.4 Å². The van der Waals surface area contributed by atoms with Crippen molar-refractivity contribution in [1.29, 1.82) is 0 Å². The number of rotatable bonds is 7. The first-order chi connectivity index (χ1) is 12.7. The molecule has 148 valence electrons. The highest BCUT2D eigenvalue weighted by atomic mass is 16.7. The standard InChI is InChI=1S/C20H34N2O4/c1-21-8-10-22(11-9-21)20(24)18-14-17(16-6-2-3-7-16)15-19(26-18)25-13-5-4-12-23/h14,16-17,19,23H,2-13,15H2,1H3/t17-,19+/m1/s1. The number of carbonyl (C=O) groups excluding carboxylic acids is 1. The topological polar surface area (TPSA) is 62.2 Å². The van der Waals surface area contributed by atoms with Crippen LogP contribution in [0.4, 0.5) is 0 Å². The van der Waals surface area contributed by atoms with Crippen molar-refractivity contribution >= 4 is 5.91 Å². The van der Waals surface area contributed by atoms with Gasteiger partial charge in [-0.05, 0) is 50.6 Å². The molecule has 3 rings (SSSR count). The monoisotopic (exact) mass is 366 g/mol. The predicted octanol–water partition coefficient (Wildman–Crippen LogP) is 1.99. The summed E-state index contributed by atoms with van der Waals surface area (Å²) in [6.45, 7) is 4.09. The van der Waals surface area contributed by atoms with E-state index in [0.29, 0.717) is 24.2 Å². The Morgan fingerprint density at radius 3 is 2.65 bits per heavy atom. The van der Waals surface area contributed by atoms with Crippen LogP contribution in [0, 0.1) is 11.8 Å². The average molecular weight is 367 g/mol. The van der Waals surface area contributed by atoms with Gasteiger partial charge < -0.3 is 24.4 Å². The summed E-state index contributed by atoms with van der Waals surface area (Å²) in [6, 6.07) is 0. The zero-order chi connectivity index (χ0) is 18.4. The Labute approximate surface area is 157 Å². The van der Waals surface area contributed by atoms with Gasteiger partial charge in [-0.25, -0.2) is 0 Å². The number of unbranched alkanes of at least 4 members (excludes halogenated alkanes) is 1. The number of hydrogen-bond acceptors (Lipinski definition) is 5. The molecule has 3 aliphatic rings. The van der Waals surface area contributed by atoms with E-state index in [2.05, 4.69) is 18.0 Å². The molecule has 6 heteroatoms. The molecular formula is C20H34N2O4. The van der Waals surface area contributed by atoms with Crippen molar-refractivity contribution in [2.24, 2.45) is 11.8 Å². The third kappa shape index (κ3) is 5.21. The van der Waals surface area contributed by atoms with Crippen LogP contribution in [-0.2, 0) is 14.3 Å². The van der Waals surface area contributed by atoms with Crippen LogP contribution < -0.4 is 0 Å². The molecule has 1 amide bonds. The van der Waals surface area contributed by atoms with Crippen molar-refractivity contribution in [3.8, 4) is 0 Å². The highest BCUT2D eigenvalue weighted by Gasteiger charge is 2.35. The Hall–Kier alpha value is -1.11.